The first-order valence-corrected chi connectivity index (χ1v) is 13.0. The maximum Gasteiger partial charge on any atom is 0.295 e. The van der Waals surface area contributed by atoms with Gasteiger partial charge in [0.2, 0.25) is 0 Å². The monoisotopic (exact) mass is 508 g/mol. The van der Waals surface area contributed by atoms with Gasteiger partial charge in [0.15, 0.2) is 0 Å². The van der Waals surface area contributed by atoms with Gasteiger partial charge < -0.3 is 24.2 Å². The van der Waals surface area contributed by atoms with Crippen LogP contribution in [0.5, 0.6) is 11.5 Å². The normalized spacial score (nSPS) is 20.0. The number of ether oxygens (including phenoxy) is 3. The van der Waals surface area contributed by atoms with Crippen molar-refractivity contribution in [3.63, 3.8) is 0 Å². The highest BCUT2D eigenvalue weighted by molar-refractivity contribution is 6.46. The Kier molecular flexibility index (Phi) is 8.84. The third kappa shape index (κ3) is 6.32. The molecule has 1 unspecified atom stereocenters. The van der Waals surface area contributed by atoms with Gasteiger partial charge in [0.05, 0.1) is 37.5 Å². The van der Waals surface area contributed by atoms with Crippen molar-refractivity contribution in [3.8, 4) is 11.5 Å². The van der Waals surface area contributed by atoms with Gasteiger partial charge in [-0.1, -0.05) is 12.1 Å². The average molecular weight is 509 g/mol. The molecule has 0 spiro atoms. The van der Waals surface area contributed by atoms with Gasteiger partial charge in [-0.05, 0) is 69.2 Å². The van der Waals surface area contributed by atoms with E-state index in [4.69, 9.17) is 14.2 Å². The van der Waals surface area contributed by atoms with Crippen LogP contribution in [0, 0.1) is 0 Å². The van der Waals surface area contributed by atoms with Crippen LogP contribution in [0.3, 0.4) is 0 Å². The van der Waals surface area contributed by atoms with Gasteiger partial charge in [-0.3, -0.25) is 14.5 Å². The molecule has 0 aliphatic carbocycles. The molecule has 1 amide bonds. The molecule has 8 heteroatoms. The minimum atomic E-state index is -0.690. The second-order valence-electron chi connectivity index (χ2n) is 9.49. The zero-order chi connectivity index (χ0) is 26.4. The maximum absolute atomic E-state index is 13.3. The predicted octanol–water partition coefficient (Wildman–Crippen LogP) is 4.02. The summed E-state index contributed by atoms with van der Waals surface area (Å²) in [6.45, 7) is 10.7. The van der Waals surface area contributed by atoms with Crippen LogP contribution in [-0.4, -0.2) is 78.7 Å². The van der Waals surface area contributed by atoms with E-state index in [-0.39, 0.29) is 17.4 Å². The molecule has 1 N–H and O–H groups in total. The van der Waals surface area contributed by atoms with E-state index < -0.39 is 17.7 Å². The summed E-state index contributed by atoms with van der Waals surface area (Å²) >= 11 is 0. The lowest BCUT2D eigenvalue weighted by Crippen LogP contribution is -2.38. The second kappa shape index (κ2) is 12.3. The topological polar surface area (TPSA) is 88.5 Å². The smallest absolute Gasteiger partial charge is 0.295 e. The number of likely N-dealkylation sites (tertiary alicyclic amines) is 1. The Balaban J connectivity index is 1.65. The fourth-order valence-electron chi connectivity index (χ4n) is 4.78. The molecule has 198 valence electrons. The van der Waals surface area contributed by atoms with Gasteiger partial charge in [0, 0.05) is 31.7 Å². The number of nitrogens with zero attached hydrogens (tertiary/aromatic N) is 2. The second-order valence-corrected chi connectivity index (χ2v) is 9.49. The molecule has 2 aliphatic rings. The third-order valence-corrected chi connectivity index (χ3v) is 6.52. The Morgan fingerprint density at radius 2 is 1.65 bits per heavy atom. The highest BCUT2D eigenvalue weighted by atomic mass is 16.5. The molecule has 2 aromatic carbocycles. The number of benzene rings is 2. The number of carbonyl (C=O) groups excluding carboxylic acids is 2. The summed E-state index contributed by atoms with van der Waals surface area (Å²) in [6.07, 6.45) is 0.734. The molecule has 37 heavy (non-hydrogen) atoms. The molecular formula is C29H36N2O6. The van der Waals surface area contributed by atoms with Gasteiger partial charge >= 0.3 is 0 Å². The molecule has 2 fully saturated rings. The van der Waals surface area contributed by atoms with E-state index in [1.807, 2.05) is 45.0 Å². The Morgan fingerprint density at radius 3 is 2.27 bits per heavy atom. The summed E-state index contributed by atoms with van der Waals surface area (Å²) < 4.78 is 16.7. The molecular weight excluding hydrogens is 472 g/mol. The summed E-state index contributed by atoms with van der Waals surface area (Å²) in [4.78, 5) is 30.4. The number of ketones is 1. The Hall–Kier alpha value is -3.36. The molecule has 4 rings (SSSR count). The first kappa shape index (κ1) is 26.7. The van der Waals surface area contributed by atoms with Crippen molar-refractivity contribution < 1.29 is 28.9 Å². The molecule has 0 radical (unpaired) electrons. The van der Waals surface area contributed by atoms with E-state index >= 15 is 0 Å². The molecule has 2 aliphatic heterocycles. The molecule has 1 atom stereocenters. The number of hydrogen-bond acceptors (Lipinski definition) is 7. The zero-order valence-electron chi connectivity index (χ0n) is 21.8. The van der Waals surface area contributed by atoms with Crippen molar-refractivity contribution >= 4 is 17.4 Å². The number of carbonyl (C=O) groups is 2. The number of amides is 1. The Morgan fingerprint density at radius 1 is 1.00 bits per heavy atom. The molecule has 8 nitrogen and oxygen atoms in total. The van der Waals surface area contributed by atoms with Gasteiger partial charge in [-0.2, -0.15) is 0 Å². The largest absolute Gasteiger partial charge is 0.507 e. The van der Waals surface area contributed by atoms with E-state index in [0.29, 0.717) is 49.8 Å². The maximum atomic E-state index is 13.3. The fraction of sp³-hybridized carbons (Fsp3) is 0.448. The van der Waals surface area contributed by atoms with Crippen LogP contribution in [0.1, 0.15) is 44.4 Å². The lowest BCUT2D eigenvalue weighted by molar-refractivity contribution is -0.140. The van der Waals surface area contributed by atoms with Crippen LogP contribution in [0.25, 0.3) is 5.76 Å². The Bertz CT molecular complexity index is 1100. The SMILES string of the molecule is CCOc1ccc(/C(O)=C2\C(=O)C(=O)N(CCCN3CCOCC3)C2c2ccc(OC(C)C)cc2)cc1. The van der Waals surface area contributed by atoms with Crippen molar-refractivity contribution in [3.05, 3.63) is 65.2 Å². The fourth-order valence-corrected chi connectivity index (χ4v) is 4.78. The molecule has 2 aromatic rings. The van der Waals surface area contributed by atoms with Crippen LogP contribution < -0.4 is 9.47 Å². The Labute approximate surface area is 218 Å². The first-order valence-electron chi connectivity index (χ1n) is 13.0. The molecule has 2 saturated heterocycles. The summed E-state index contributed by atoms with van der Waals surface area (Å²) in [5.74, 6) is -0.0914. The summed E-state index contributed by atoms with van der Waals surface area (Å²) in [5.41, 5.74) is 1.30. The van der Waals surface area contributed by atoms with Crippen LogP contribution in [0.2, 0.25) is 0 Å². The van der Waals surface area contributed by atoms with E-state index in [2.05, 4.69) is 4.90 Å². The van der Waals surface area contributed by atoms with Crippen molar-refractivity contribution in [1.82, 2.24) is 9.80 Å². The third-order valence-electron chi connectivity index (χ3n) is 6.52. The zero-order valence-corrected chi connectivity index (χ0v) is 21.8. The van der Waals surface area contributed by atoms with Crippen molar-refractivity contribution in [2.75, 3.05) is 46.0 Å². The summed E-state index contributed by atoms with van der Waals surface area (Å²) in [5, 5.41) is 11.3. The van der Waals surface area contributed by atoms with Gasteiger partial charge in [0.25, 0.3) is 11.7 Å². The average Bonchev–Trinajstić information content (AvgIpc) is 3.15. The lowest BCUT2D eigenvalue weighted by atomic mass is 9.95. The lowest BCUT2D eigenvalue weighted by Gasteiger charge is -2.29. The molecule has 2 heterocycles. The number of Topliss-reactive ketones (excluding diaryl/α,β-unsaturated/α-hetero) is 1. The number of morpholine rings is 1. The highest BCUT2D eigenvalue weighted by Gasteiger charge is 2.45. The first-order chi connectivity index (χ1) is 17.9. The number of hydrogen-bond donors (Lipinski definition) is 1. The summed E-state index contributed by atoms with van der Waals surface area (Å²) in [6, 6.07) is 13.6. The van der Waals surface area contributed by atoms with Crippen LogP contribution in [-0.2, 0) is 14.3 Å². The van der Waals surface area contributed by atoms with Crippen molar-refractivity contribution in [1.29, 1.82) is 0 Å². The number of rotatable bonds is 10. The van der Waals surface area contributed by atoms with Crippen molar-refractivity contribution in [2.24, 2.45) is 0 Å². The van der Waals surface area contributed by atoms with Crippen LogP contribution in [0.4, 0.5) is 0 Å². The minimum absolute atomic E-state index is 0.0244. The van der Waals surface area contributed by atoms with E-state index in [1.165, 1.54) is 0 Å². The molecule has 0 saturated carbocycles. The summed E-state index contributed by atoms with van der Waals surface area (Å²) in [7, 11) is 0. The van der Waals surface area contributed by atoms with E-state index in [0.717, 1.165) is 25.2 Å². The number of aliphatic hydroxyl groups is 1. The van der Waals surface area contributed by atoms with E-state index in [1.54, 1.807) is 29.2 Å². The van der Waals surface area contributed by atoms with Gasteiger partial charge in [-0.15, -0.1) is 0 Å². The number of aliphatic hydroxyl groups excluding tert-OH is 1. The molecule has 0 aromatic heterocycles. The standard InChI is InChI=1S/C29H36N2O6/c1-4-36-23-10-8-22(9-11-23)27(32)25-26(21-6-12-24(13-7-21)37-20(2)3)31(29(34)28(25)33)15-5-14-30-16-18-35-19-17-30/h6-13,20,26,32H,4-5,14-19H2,1-3H3/b27-25+. The van der Waals surface area contributed by atoms with Gasteiger partial charge in [-0.25, -0.2) is 0 Å². The molecule has 0 bridgehead atoms. The van der Waals surface area contributed by atoms with Crippen LogP contribution >= 0.6 is 0 Å². The van der Waals surface area contributed by atoms with E-state index in [9.17, 15) is 14.7 Å². The van der Waals surface area contributed by atoms with Gasteiger partial charge in [0.1, 0.15) is 17.3 Å². The van der Waals surface area contributed by atoms with Crippen LogP contribution in [0.15, 0.2) is 54.1 Å². The predicted molar refractivity (Wildman–Crippen MR) is 141 cm³/mol. The highest BCUT2D eigenvalue weighted by Crippen LogP contribution is 2.40. The van der Waals surface area contributed by atoms with Crippen molar-refractivity contribution in [2.45, 2.75) is 39.3 Å². The quantitative estimate of drug-likeness (QED) is 0.295. The minimum Gasteiger partial charge on any atom is -0.507 e.